The third kappa shape index (κ3) is 5.22. The summed E-state index contributed by atoms with van der Waals surface area (Å²) >= 11 is 0. The van der Waals surface area contributed by atoms with E-state index in [1.54, 1.807) is 6.08 Å². The number of fused-ring (bicyclic) bond motifs is 3. The predicted molar refractivity (Wildman–Crippen MR) is 130 cm³/mol. The largest absolute Gasteiger partial charge is 0.480 e. The molecule has 4 rings (SSSR count). The number of aliphatic carboxylic acids is 1. The molecule has 1 aliphatic heterocycles. The zero-order valence-electron chi connectivity index (χ0n) is 19.5. The van der Waals surface area contributed by atoms with Crippen molar-refractivity contribution in [3.05, 3.63) is 72.3 Å². The number of ether oxygens (including phenoxy) is 2. The molecule has 3 N–H and O–H groups in total. The average Bonchev–Trinajstić information content (AvgIpc) is 3.19. The molecule has 184 valence electrons. The molecule has 0 saturated carbocycles. The molecule has 2 aromatic rings. The molecule has 0 spiro atoms. The topological polar surface area (TPSA) is 114 Å². The van der Waals surface area contributed by atoms with E-state index in [0.29, 0.717) is 6.42 Å². The van der Waals surface area contributed by atoms with Gasteiger partial charge in [-0.2, -0.15) is 0 Å². The zero-order valence-corrected chi connectivity index (χ0v) is 19.5. The maximum Gasteiger partial charge on any atom is 0.408 e. The molecule has 1 heterocycles. The van der Waals surface area contributed by atoms with E-state index in [2.05, 4.69) is 29.3 Å². The van der Waals surface area contributed by atoms with Gasteiger partial charge in [0.05, 0.1) is 0 Å². The van der Waals surface area contributed by atoms with Crippen LogP contribution in [0.1, 0.15) is 42.7 Å². The van der Waals surface area contributed by atoms with Gasteiger partial charge in [-0.3, -0.25) is 4.79 Å². The minimum Gasteiger partial charge on any atom is -0.480 e. The Bertz CT molecular complexity index is 1060. The first kappa shape index (κ1) is 24.5. The molecule has 1 aliphatic carbocycles. The molecule has 8 heteroatoms. The number of hydrogen-bond acceptors (Lipinski definition) is 5. The number of allylic oxidation sites excluding steroid dienone is 1. The molecule has 8 nitrogen and oxygen atoms in total. The predicted octanol–water partition coefficient (Wildman–Crippen LogP) is 3.61. The van der Waals surface area contributed by atoms with Crippen LogP contribution in [0.5, 0.6) is 0 Å². The van der Waals surface area contributed by atoms with Crippen molar-refractivity contribution in [3.8, 4) is 11.1 Å². The number of nitrogens with one attached hydrogen (secondary N) is 2. The van der Waals surface area contributed by atoms with Gasteiger partial charge < -0.3 is 25.2 Å². The Morgan fingerprint density at radius 3 is 2.26 bits per heavy atom. The summed E-state index contributed by atoms with van der Waals surface area (Å²) in [6.07, 6.45) is 1.96. The lowest BCUT2D eigenvalue weighted by Gasteiger charge is -2.36. The summed E-state index contributed by atoms with van der Waals surface area (Å²) < 4.78 is 11.0. The number of carbonyl (C=O) groups excluding carboxylic acids is 2. The van der Waals surface area contributed by atoms with Gasteiger partial charge in [-0.15, -0.1) is 6.58 Å². The average molecular weight is 479 g/mol. The molecule has 2 aliphatic rings. The van der Waals surface area contributed by atoms with Crippen LogP contribution in [-0.4, -0.2) is 54.5 Å². The van der Waals surface area contributed by atoms with Gasteiger partial charge in [-0.05, 0) is 35.1 Å². The fourth-order valence-corrected chi connectivity index (χ4v) is 4.80. The maximum absolute atomic E-state index is 13.2. The molecular weight excluding hydrogens is 448 g/mol. The van der Waals surface area contributed by atoms with E-state index in [0.717, 1.165) is 22.3 Å². The lowest BCUT2D eigenvalue weighted by molar-refractivity contribution is -0.144. The van der Waals surface area contributed by atoms with Gasteiger partial charge in [0.1, 0.15) is 18.2 Å². The molecular formula is C27H30N2O6. The van der Waals surface area contributed by atoms with Crippen molar-refractivity contribution in [3.63, 3.8) is 0 Å². The molecule has 2 aromatic carbocycles. The first-order chi connectivity index (χ1) is 16.9. The summed E-state index contributed by atoms with van der Waals surface area (Å²) in [6.45, 7) is 4.25. The minimum absolute atomic E-state index is 0.108. The van der Waals surface area contributed by atoms with Crippen molar-refractivity contribution >= 4 is 18.0 Å². The molecule has 0 bridgehead atoms. The summed E-state index contributed by atoms with van der Waals surface area (Å²) in [4.78, 5) is 37.7. The smallest absolute Gasteiger partial charge is 0.408 e. The Morgan fingerprint density at radius 2 is 1.69 bits per heavy atom. The van der Waals surface area contributed by atoms with E-state index in [1.807, 2.05) is 36.4 Å². The van der Waals surface area contributed by atoms with Crippen LogP contribution in [0.2, 0.25) is 0 Å². The Kier molecular flexibility index (Phi) is 7.51. The maximum atomic E-state index is 13.2. The first-order valence-corrected chi connectivity index (χ1v) is 11.8. The van der Waals surface area contributed by atoms with Gasteiger partial charge in [0, 0.05) is 32.0 Å². The van der Waals surface area contributed by atoms with Crippen molar-refractivity contribution in [1.82, 2.24) is 10.6 Å². The Hall–Kier alpha value is -3.65. The normalized spacial score (nSPS) is 16.9. The van der Waals surface area contributed by atoms with Gasteiger partial charge in [0.25, 0.3) is 0 Å². The van der Waals surface area contributed by atoms with Crippen LogP contribution in [0.4, 0.5) is 4.79 Å². The zero-order chi connectivity index (χ0) is 24.8. The number of carboxylic acids is 1. The van der Waals surface area contributed by atoms with Crippen molar-refractivity contribution in [1.29, 1.82) is 0 Å². The minimum atomic E-state index is -1.30. The van der Waals surface area contributed by atoms with Gasteiger partial charge in [0.2, 0.25) is 5.91 Å². The number of carboxylic acid groups (broad SMARTS) is 1. The number of hydrogen-bond donors (Lipinski definition) is 3. The SMILES string of the molecule is C=CCCC(NC(=O)C1(NC(=O)OCC2c3ccccc3-c3ccccc32)CCOCC1)C(=O)O. The Morgan fingerprint density at radius 1 is 1.09 bits per heavy atom. The molecule has 35 heavy (non-hydrogen) atoms. The summed E-state index contributed by atoms with van der Waals surface area (Å²) in [5.41, 5.74) is 3.12. The van der Waals surface area contributed by atoms with E-state index < -0.39 is 29.6 Å². The fraction of sp³-hybridized carbons (Fsp3) is 0.370. The highest BCUT2D eigenvalue weighted by Gasteiger charge is 2.43. The van der Waals surface area contributed by atoms with Crippen molar-refractivity contribution < 1.29 is 29.0 Å². The number of amides is 2. The highest BCUT2D eigenvalue weighted by atomic mass is 16.5. The Labute approximate surface area is 204 Å². The van der Waals surface area contributed by atoms with Crippen LogP contribution in [-0.2, 0) is 19.1 Å². The van der Waals surface area contributed by atoms with Gasteiger partial charge >= 0.3 is 12.1 Å². The fourth-order valence-electron chi connectivity index (χ4n) is 4.80. The van der Waals surface area contributed by atoms with E-state index in [-0.39, 0.29) is 45.0 Å². The number of carbonyl (C=O) groups is 3. The molecule has 1 saturated heterocycles. The summed E-state index contributed by atoms with van der Waals surface area (Å²) in [7, 11) is 0. The standard InChI is InChI=1S/C27H30N2O6/c1-2-3-12-23(24(30)31)28-25(32)27(13-15-34-16-14-27)29-26(33)35-17-22-20-10-6-4-8-18(20)19-9-5-7-11-21(19)22/h2,4-11,22-23H,1,3,12-17H2,(H,28,32)(H,29,33)(H,30,31). The number of benzene rings is 2. The first-order valence-electron chi connectivity index (χ1n) is 11.8. The molecule has 1 fully saturated rings. The van der Waals surface area contributed by atoms with Gasteiger partial charge in [-0.1, -0.05) is 54.6 Å². The molecule has 1 atom stereocenters. The third-order valence-corrected chi connectivity index (χ3v) is 6.73. The van der Waals surface area contributed by atoms with Crippen molar-refractivity contribution in [2.24, 2.45) is 0 Å². The summed E-state index contributed by atoms with van der Waals surface area (Å²) in [5.74, 6) is -1.79. The second-order valence-electron chi connectivity index (χ2n) is 8.88. The van der Waals surface area contributed by atoms with Crippen LogP contribution in [0.15, 0.2) is 61.2 Å². The van der Waals surface area contributed by atoms with Crippen LogP contribution < -0.4 is 10.6 Å². The van der Waals surface area contributed by atoms with E-state index in [1.165, 1.54) is 0 Å². The lowest BCUT2D eigenvalue weighted by Crippen LogP contribution is -2.63. The Balaban J connectivity index is 1.45. The van der Waals surface area contributed by atoms with Crippen LogP contribution >= 0.6 is 0 Å². The van der Waals surface area contributed by atoms with Crippen LogP contribution in [0, 0.1) is 0 Å². The molecule has 0 aromatic heterocycles. The van der Waals surface area contributed by atoms with E-state index >= 15 is 0 Å². The number of alkyl carbamates (subject to hydrolysis) is 1. The van der Waals surface area contributed by atoms with Crippen molar-refractivity contribution in [2.75, 3.05) is 19.8 Å². The number of rotatable bonds is 9. The van der Waals surface area contributed by atoms with Crippen LogP contribution in [0.3, 0.4) is 0 Å². The van der Waals surface area contributed by atoms with Gasteiger partial charge in [0.15, 0.2) is 0 Å². The summed E-state index contributed by atoms with van der Waals surface area (Å²) in [6, 6.07) is 15.0. The highest BCUT2D eigenvalue weighted by molar-refractivity contribution is 5.93. The second-order valence-corrected chi connectivity index (χ2v) is 8.88. The van der Waals surface area contributed by atoms with Gasteiger partial charge in [-0.25, -0.2) is 9.59 Å². The summed E-state index contributed by atoms with van der Waals surface area (Å²) in [5, 5.41) is 14.8. The molecule has 2 amide bonds. The van der Waals surface area contributed by atoms with Crippen LogP contribution in [0.25, 0.3) is 11.1 Å². The second kappa shape index (κ2) is 10.7. The quantitative estimate of drug-likeness (QED) is 0.475. The molecule has 0 radical (unpaired) electrons. The van der Waals surface area contributed by atoms with Crippen molar-refractivity contribution in [2.45, 2.75) is 43.2 Å². The molecule has 1 unspecified atom stereocenters. The van der Waals surface area contributed by atoms with E-state index in [9.17, 15) is 19.5 Å². The highest BCUT2D eigenvalue weighted by Crippen LogP contribution is 2.44. The third-order valence-electron chi connectivity index (χ3n) is 6.73. The lowest BCUT2D eigenvalue weighted by atomic mass is 9.88. The van der Waals surface area contributed by atoms with E-state index in [4.69, 9.17) is 9.47 Å². The monoisotopic (exact) mass is 478 g/mol.